The number of aliphatic hydroxyl groups excluding tert-OH is 2. The lowest BCUT2D eigenvalue weighted by Gasteiger charge is -2.19. The number of aliphatic hydroxyl groups is 2. The van der Waals surface area contributed by atoms with Crippen molar-refractivity contribution in [1.82, 2.24) is 5.32 Å². The van der Waals surface area contributed by atoms with Crippen LogP contribution in [0.4, 0.5) is 0 Å². The van der Waals surface area contributed by atoms with Gasteiger partial charge in [0.1, 0.15) is 0 Å². The molecule has 4 nitrogen and oxygen atoms in total. The monoisotopic (exact) mass is 507 g/mol. The van der Waals surface area contributed by atoms with Gasteiger partial charge in [0.05, 0.1) is 18.8 Å². The first-order valence-corrected chi connectivity index (χ1v) is 15.6. The molecular formula is C32H61NO3. The molecule has 0 rings (SSSR count). The quantitative estimate of drug-likeness (QED) is 0.0770. The number of unbranched alkanes of at least 4 members (excludes halogenated alkanes) is 18. The number of amides is 1. The van der Waals surface area contributed by atoms with Crippen molar-refractivity contribution in [2.45, 2.75) is 167 Å². The molecule has 0 aromatic rings. The van der Waals surface area contributed by atoms with Crippen LogP contribution in [0.5, 0.6) is 0 Å². The van der Waals surface area contributed by atoms with E-state index in [4.69, 9.17) is 0 Å². The average Bonchev–Trinajstić information content (AvgIpc) is 2.88. The second-order valence-electron chi connectivity index (χ2n) is 10.5. The summed E-state index contributed by atoms with van der Waals surface area (Å²) in [6.45, 7) is 4.25. The molecular weight excluding hydrogens is 446 g/mol. The highest BCUT2D eigenvalue weighted by Crippen LogP contribution is 2.12. The maximum atomic E-state index is 12.2. The van der Waals surface area contributed by atoms with E-state index in [9.17, 15) is 15.0 Å². The molecule has 0 heterocycles. The first kappa shape index (κ1) is 34.9. The number of carbonyl (C=O) groups is 1. The highest BCUT2D eigenvalue weighted by atomic mass is 16.3. The molecule has 0 bridgehead atoms. The van der Waals surface area contributed by atoms with Crippen LogP contribution in [0, 0.1) is 0 Å². The summed E-state index contributed by atoms with van der Waals surface area (Å²) in [5.41, 5.74) is 0. The van der Waals surface area contributed by atoms with Crippen LogP contribution >= 0.6 is 0 Å². The Morgan fingerprint density at radius 2 is 1.08 bits per heavy atom. The minimum absolute atomic E-state index is 0.0787. The molecule has 0 saturated carbocycles. The zero-order valence-electron chi connectivity index (χ0n) is 24.0. The average molecular weight is 508 g/mol. The number of hydrogen-bond acceptors (Lipinski definition) is 3. The van der Waals surface area contributed by atoms with Gasteiger partial charge in [-0.15, -0.1) is 0 Å². The first-order valence-electron chi connectivity index (χ1n) is 15.6. The van der Waals surface area contributed by atoms with Gasteiger partial charge in [0.2, 0.25) is 5.91 Å². The molecule has 2 atom stereocenters. The van der Waals surface area contributed by atoms with Crippen LogP contribution in [0.1, 0.15) is 155 Å². The van der Waals surface area contributed by atoms with Gasteiger partial charge < -0.3 is 15.5 Å². The fourth-order valence-electron chi connectivity index (χ4n) is 4.48. The third kappa shape index (κ3) is 24.6. The predicted octanol–water partition coefficient (Wildman–Crippen LogP) is 8.56. The molecule has 212 valence electrons. The summed E-state index contributed by atoms with van der Waals surface area (Å²) in [5, 5.41) is 22.7. The van der Waals surface area contributed by atoms with Gasteiger partial charge in [0.25, 0.3) is 0 Å². The van der Waals surface area contributed by atoms with Gasteiger partial charge in [-0.2, -0.15) is 0 Å². The standard InChI is InChI=1S/C32H61NO3/c1-3-5-7-9-11-13-15-16-17-18-19-21-23-25-27-31(35)30(29-34)33-32(36)28-26-24-22-20-14-12-10-8-6-4-2/h18-19,25,27,30-31,34-35H,3-17,20-24,26,28-29H2,1-2H3,(H,33,36)/b19-18+,27-25+/t30-,31+/m0/s1. The zero-order chi connectivity index (χ0) is 26.5. The smallest absolute Gasteiger partial charge is 0.220 e. The highest BCUT2D eigenvalue weighted by molar-refractivity contribution is 5.76. The molecule has 4 heteroatoms. The molecule has 36 heavy (non-hydrogen) atoms. The van der Waals surface area contributed by atoms with Crippen molar-refractivity contribution in [3.63, 3.8) is 0 Å². The molecule has 0 aromatic heterocycles. The van der Waals surface area contributed by atoms with Gasteiger partial charge >= 0.3 is 0 Å². The molecule has 0 spiro atoms. The van der Waals surface area contributed by atoms with Crippen LogP contribution in [0.25, 0.3) is 0 Å². The fourth-order valence-corrected chi connectivity index (χ4v) is 4.48. The third-order valence-corrected chi connectivity index (χ3v) is 6.94. The first-order chi connectivity index (χ1) is 17.7. The lowest BCUT2D eigenvalue weighted by atomic mass is 10.1. The molecule has 0 unspecified atom stereocenters. The third-order valence-electron chi connectivity index (χ3n) is 6.94. The second-order valence-corrected chi connectivity index (χ2v) is 10.5. The van der Waals surface area contributed by atoms with Crippen molar-refractivity contribution in [3.05, 3.63) is 24.3 Å². The summed E-state index contributed by atoms with van der Waals surface area (Å²) >= 11 is 0. The van der Waals surface area contributed by atoms with Crippen LogP contribution in [-0.4, -0.2) is 34.9 Å². The van der Waals surface area contributed by atoms with E-state index >= 15 is 0 Å². The predicted molar refractivity (Wildman–Crippen MR) is 156 cm³/mol. The van der Waals surface area contributed by atoms with Crippen molar-refractivity contribution in [1.29, 1.82) is 0 Å². The van der Waals surface area contributed by atoms with Gasteiger partial charge in [-0.1, -0.05) is 141 Å². The lowest BCUT2D eigenvalue weighted by molar-refractivity contribution is -0.123. The van der Waals surface area contributed by atoms with Gasteiger partial charge in [0, 0.05) is 6.42 Å². The van der Waals surface area contributed by atoms with E-state index in [-0.39, 0.29) is 12.5 Å². The molecule has 0 aliphatic rings. The number of hydrogen-bond donors (Lipinski definition) is 3. The maximum absolute atomic E-state index is 12.2. The van der Waals surface area contributed by atoms with E-state index in [1.165, 1.54) is 103 Å². The molecule has 0 radical (unpaired) electrons. The van der Waals surface area contributed by atoms with Crippen LogP contribution in [0.2, 0.25) is 0 Å². The topological polar surface area (TPSA) is 69.6 Å². The Hall–Kier alpha value is -1.13. The van der Waals surface area contributed by atoms with Crippen molar-refractivity contribution in [3.8, 4) is 0 Å². The minimum Gasteiger partial charge on any atom is -0.394 e. The Labute approximate surface area is 224 Å². The normalized spacial score (nSPS) is 13.6. The van der Waals surface area contributed by atoms with Crippen molar-refractivity contribution in [2.75, 3.05) is 6.61 Å². The summed E-state index contributed by atoms with van der Waals surface area (Å²) in [7, 11) is 0. The summed E-state index contributed by atoms with van der Waals surface area (Å²) < 4.78 is 0. The molecule has 0 aliphatic carbocycles. The van der Waals surface area contributed by atoms with Gasteiger partial charge in [-0.25, -0.2) is 0 Å². The lowest BCUT2D eigenvalue weighted by Crippen LogP contribution is -2.45. The second kappa shape index (κ2) is 28.4. The van der Waals surface area contributed by atoms with E-state index in [1.807, 2.05) is 6.08 Å². The van der Waals surface area contributed by atoms with Crippen LogP contribution in [0.3, 0.4) is 0 Å². The number of carbonyl (C=O) groups excluding carboxylic acids is 1. The molecule has 0 aliphatic heterocycles. The van der Waals surface area contributed by atoms with Crippen molar-refractivity contribution < 1.29 is 15.0 Å². The maximum Gasteiger partial charge on any atom is 0.220 e. The Kier molecular flexibility index (Phi) is 27.5. The van der Waals surface area contributed by atoms with E-state index in [0.29, 0.717) is 6.42 Å². The Morgan fingerprint density at radius 1 is 0.639 bits per heavy atom. The fraction of sp³-hybridized carbons (Fsp3) is 0.844. The van der Waals surface area contributed by atoms with Crippen LogP contribution in [-0.2, 0) is 4.79 Å². The Bertz CT molecular complexity index is 518. The van der Waals surface area contributed by atoms with Crippen LogP contribution in [0.15, 0.2) is 24.3 Å². The van der Waals surface area contributed by atoms with Gasteiger partial charge in [0.15, 0.2) is 0 Å². The summed E-state index contributed by atoms with van der Waals surface area (Å²) in [6, 6.07) is -0.630. The summed E-state index contributed by atoms with van der Waals surface area (Å²) in [6.07, 6.45) is 33.9. The van der Waals surface area contributed by atoms with Gasteiger partial charge in [-0.05, 0) is 32.1 Å². The van der Waals surface area contributed by atoms with E-state index in [1.54, 1.807) is 6.08 Å². The molecule has 0 fully saturated rings. The van der Waals surface area contributed by atoms with E-state index < -0.39 is 12.1 Å². The molecule has 3 N–H and O–H groups in total. The van der Waals surface area contributed by atoms with Crippen molar-refractivity contribution in [2.24, 2.45) is 0 Å². The highest BCUT2D eigenvalue weighted by Gasteiger charge is 2.17. The molecule has 0 aromatic carbocycles. The summed E-state index contributed by atoms with van der Waals surface area (Å²) in [4.78, 5) is 12.2. The Balaban J connectivity index is 3.74. The number of nitrogens with one attached hydrogen (secondary N) is 1. The SMILES string of the molecule is CCCCCCCCCC/C=C/CC/C=C/[C@@H](O)[C@H](CO)NC(=O)CCCCCCCCCCCC. The largest absolute Gasteiger partial charge is 0.394 e. The molecule has 0 saturated heterocycles. The molecule has 1 amide bonds. The summed E-state index contributed by atoms with van der Waals surface area (Å²) in [5.74, 6) is -0.0787. The zero-order valence-corrected chi connectivity index (χ0v) is 24.0. The number of allylic oxidation sites excluding steroid dienone is 3. The Morgan fingerprint density at radius 3 is 1.61 bits per heavy atom. The van der Waals surface area contributed by atoms with Gasteiger partial charge in [-0.3, -0.25) is 4.79 Å². The number of rotatable bonds is 27. The van der Waals surface area contributed by atoms with Crippen molar-refractivity contribution >= 4 is 5.91 Å². The minimum atomic E-state index is -0.854. The van der Waals surface area contributed by atoms with Crippen LogP contribution < -0.4 is 5.32 Å². The van der Waals surface area contributed by atoms with E-state index in [2.05, 4.69) is 31.3 Å². The van der Waals surface area contributed by atoms with E-state index in [0.717, 1.165) is 32.1 Å².